The highest BCUT2D eigenvalue weighted by Crippen LogP contribution is 2.66. The van der Waals surface area contributed by atoms with Gasteiger partial charge in [-0.3, -0.25) is 18.9 Å². The number of aliphatic hydroxyl groups excluding tert-OH is 1. The molecular formula is C19H25N4O14P3S. The van der Waals surface area contributed by atoms with Crippen molar-refractivity contribution in [1.29, 1.82) is 0 Å². The van der Waals surface area contributed by atoms with E-state index in [1.54, 1.807) is 6.08 Å². The number of nitrogens with zero attached hydrogens (tertiary/aromatic N) is 1. The van der Waals surface area contributed by atoms with Gasteiger partial charge >= 0.3 is 29.2 Å². The zero-order chi connectivity index (χ0) is 30.4. The van der Waals surface area contributed by atoms with Crippen molar-refractivity contribution in [3.63, 3.8) is 0 Å². The number of phosphoric acid groups is 3. The number of anilines is 1. The van der Waals surface area contributed by atoms with Gasteiger partial charge in [0.2, 0.25) is 0 Å². The average Bonchev–Trinajstić information content (AvgIpc) is 3.20. The first kappa shape index (κ1) is 33.2. The van der Waals surface area contributed by atoms with E-state index < -0.39 is 59.8 Å². The van der Waals surface area contributed by atoms with Crippen LogP contribution in [0.4, 0.5) is 5.69 Å². The van der Waals surface area contributed by atoms with Crippen LogP contribution in [0.5, 0.6) is 0 Å². The molecule has 5 atom stereocenters. The molecule has 2 heterocycles. The molecule has 2 aromatic rings. The van der Waals surface area contributed by atoms with Crippen molar-refractivity contribution in [3.8, 4) is 0 Å². The second kappa shape index (κ2) is 13.8. The topological polar surface area (TPSA) is 268 Å². The fourth-order valence-electron chi connectivity index (χ4n) is 3.40. The number of phosphoric ester groups is 1. The Morgan fingerprint density at radius 1 is 1.12 bits per heavy atom. The van der Waals surface area contributed by atoms with Crippen LogP contribution in [0.2, 0.25) is 0 Å². The van der Waals surface area contributed by atoms with Crippen LogP contribution >= 0.6 is 35.7 Å². The molecule has 1 aliphatic heterocycles. The van der Waals surface area contributed by atoms with E-state index in [2.05, 4.69) is 28.8 Å². The lowest BCUT2D eigenvalue weighted by molar-refractivity contribution is -0.0450. The number of rotatable bonds is 12. The normalized spacial score (nSPS) is 22.2. The van der Waals surface area contributed by atoms with E-state index in [1.807, 2.05) is 30.3 Å². The Morgan fingerprint density at radius 2 is 1.80 bits per heavy atom. The Bertz CT molecular complexity index is 1530. The second-order valence-electron chi connectivity index (χ2n) is 8.21. The number of H-pyrrole nitrogens is 1. The summed E-state index contributed by atoms with van der Waals surface area (Å²) < 4.78 is 52.2. The van der Waals surface area contributed by atoms with E-state index in [9.17, 15) is 38.2 Å². The summed E-state index contributed by atoms with van der Waals surface area (Å²) in [7, 11) is -16.7. The van der Waals surface area contributed by atoms with Crippen molar-refractivity contribution in [2.45, 2.75) is 31.3 Å². The van der Waals surface area contributed by atoms with Crippen LogP contribution in [0.3, 0.4) is 0 Å². The fraction of sp³-hybridized carbons (Fsp3) is 0.316. The van der Waals surface area contributed by atoms with E-state index in [0.717, 1.165) is 10.3 Å². The van der Waals surface area contributed by atoms with E-state index in [0.29, 0.717) is 5.11 Å². The molecule has 18 nitrogen and oxygen atoms in total. The molecule has 2 unspecified atom stereocenters. The molecule has 0 spiro atoms. The highest BCUT2D eigenvalue weighted by molar-refractivity contribution is 7.80. The standard InChI is InChI=1S/C19H25N4O14P3S/c24-14-9-16(35-15(14)11-34-39(30,31)37-40(32,33)36-38(27,28)29)23-10-12(17(25)22-19(23)26)5-4-8-20-18(41)21-13-6-2-1-3-7-13/h1-4,6-8,10,14-16,24H,5,9,11H2,(H,30,31)(H,32,33)(H2,20,21,41)(H,22,25,26)(H2,27,28,29)/b8-4+/t14-,15+,16+/m1/s1. The number of ether oxygens (including phenoxy) is 1. The molecule has 22 heteroatoms. The number of hydrogen-bond donors (Lipinski definition) is 8. The molecule has 3 rings (SSSR count). The first-order valence-corrected chi connectivity index (χ1v) is 16.2. The Hall–Kier alpha value is -2.34. The van der Waals surface area contributed by atoms with Crippen LogP contribution in [0, 0.1) is 0 Å². The number of aromatic nitrogens is 2. The van der Waals surface area contributed by atoms with Crippen LogP contribution in [0.15, 0.2) is 58.4 Å². The lowest BCUT2D eigenvalue weighted by Crippen LogP contribution is -2.34. The van der Waals surface area contributed by atoms with Crippen LogP contribution in [0.25, 0.3) is 0 Å². The molecule has 1 aromatic carbocycles. The Balaban J connectivity index is 1.59. The first-order chi connectivity index (χ1) is 19.0. The molecule has 1 fully saturated rings. The van der Waals surface area contributed by atoms with Crippen LogP contribution in [-0.2, 0) is 38.0 Å². The second-order valence-corrected chi connectivity index (χ2v) is 13.0. The fourth-order valence-corrected chi connectivity index (χ4v) is 6.62. The van der Waals surface area contributed by atoms with Crippen LogP contribution in [0.1, 0.15) is 18.2 Å². The Kier molecular flexibility index (Phi) is 11.1. The molecule has 0 amide bonds. The van der Waals surface area contributed by atoms with Gasteiger partial charge in [-0.05, 0) is 37.0 Å². The highest BCUT2D eigenvalue weighted by atomic mass is 32.1. The maximum atomic E-state index is 12.4. The molecule has 1 aliphatic rings. The number of benzene rings is 1. The number of nitrogens with one attached hydrogen (secondary N) is 3. The minimum Gasteiger partial charge on any atom is -0.390 e. The smallest absolute Gasteiger partial charge is 0.390 e. The maximum absolute atomic E-state index is 12.4. The predicted molar refractivity (Wildman–Crippen MR) is 144 cm³/mol. The lowest BCUT2D eigenvalue weighted by atomic mass is 10.2. The molecule has 0 radical (unpaired) electrons. The van der Waals surface area contributed by atoms with Crippen LogP contribution in [-0.4, -0.2) is 58.2 Å². The minimum absolute atomic E-state index is 0.0569. The zero-order valence-electron chi connectivity index (χ0n) is 20.6. The third-order valence-corrected chi connectivity index (χ3v) is 9.10. The monoisotopic (exact) mass is 658 g/mol. The van der Waals surface area contributed by atoms with Crippen molar-refractivity contribution >= 4 is 46.5 Å². The van der Waals surface area contributed by atoms with Crippen molar-refractivity contribution in [1.82, 2.24) is 14.9 Å². The molecule has 0 aliphatic carbocycles. The minimum atomic E-state index is -5.73. The third kappa shape index (κ3) is 10.8. The Morgan fingerprint density at radius 3 is 2.46 bits per heavy atom. The largest absolute Gasteiger partial charge is 0.490 e. The number of thiocarbonyl (C=S) groups is 1. The summed E-state index contributed by atoms with van der Waals surface area (Å²) in [6, 6.07) is 9.13. The summed E-state index contributed by atoms with van der Waals surface area (Å²) in [5, 5.41) is 16.3. The average molecular weight is 658 g/mol. The molecule has 41 heavy (non-hydrogen) atoms. The van der Waals surface area contributed by atoms with Gasteiger partial charge in [0.15, 0.2) is 5.11 Å². The van der Waals surface area contributed by atoms with Crippen LogP contribution < -0.4 is 21.9 Å². The van der Waals surface area contributed by atoms with Gasteiger partial charge in [-0.1, -0.05) is 24.3 Å². The van der Waals surface area contributed by atoms with E-state index in [-0.39, 0.29) is 18.4 Å². The molecule has 1 aromatic heterocycles. The summed E-state index contributed by atoms with van der Waals surface area (Å²) in [5.74, 6) is 0. The van der Waals surface area contributed by atoms with Gasteiger partial charge in [-0.2, -0.15) is 8.62 Å². The lowest BCUT2D eigenvalue weighted by Gasteiger charge is -2.19. The first-order valence-electron chi connectivity index (χ1n) is 11.3. The number of hydrogen-bond acceptors (Lipinski definition) is 11. The summed E-state index contributed by atoms with van der Waals surface area (Å²) in [6.07, 6.45) is 0.177. The van der Waals surface area contributed by atoms with Gasteiger partial charge in [-0.25, -0.2) is 18.5 Å². The molecule has 226 valence electrons. The van der Waals surface area contributed by atoms with Crippen molar-refractivity contribution in [2.75, 3.05) is 11.9 Å². The van der Waals surface area contributed by atoms with Gasteiger partial charge in [0.1, 0.15) is 12.3 Å². The van der Waals surface area contributed by atoms with Crippen molar-refractivity contribution in [3.05, 3.63) is 75.2 Å². The van der Waals surface area contributed by atoms with Crippen molar-refractivity contribution < 1.29 is 56.3 Å². The van der Waals surface area contributed by atoms with E-state index in [1.165, 1.54) is 12.4 Å². The molecular weight excluding hydrogens is 633 g/mol. The molecule has 0 bridgehead atoms. The summed E-state index contributed by atoms with van der Waals surface area (Å²) in [6.45, 7) is -0.919. The van der Waals surface area contributed by atoms with E-state index >= 15 is 0 Å². The number of aliphatic hydroxyl groups is 1. The summed E-state index contributed by atoms with van der Waals surface area (Å²) in [5.41, 5.74) is -0.649. The third-order valence-electron chi connectivity index (χ3n) is 5.08. The van der Waals surface area contributed by atoms with Gasteiger partial charge < -0.3 is 40.1 Å². The highest BCUT2D eigenvalue weighted by Gasteiger charge is 2.43. The van der Waals surface area contributed by atoms with Crippen molar-refractivity contribution in [2.24, 2.45) is 0 Å². The summed E-state index contributed by atoms with van der Waals surface area (Å²) in [4.78, 5) is 62.7. The SMILES string of the molecule is O=c1[nH]c(=O)n([C@@H]2C[C@@H](O)[C@H](COP(=O)(O)OP(=O)(O)OP(=O)(O)O)O2)cc1C/C=C/NC(=S)Nc1ccccc1. The summed E-state index contributed by atoms with van der Waals surface area (Å²) >= 11 is 5.17. The predicted octanol–water partition coefficient (Wildman–Crippen LogP) is 0.571. The molecule has 0 saturated carbocycles. The number of para-hydroxylation sites is 1. The number of aromatic amines is 1. The Labute approximate surface area is 236 Å². The zero-order valence-corrected chi connectivity index (χ0v) is 24.1. The van der Waals surface area contributed by atoms with Gasteiger partial charge in [0.25, 0.3) is 5.56 Å². The number of allylic oxidation sites excluding steroid dienone is 1. The van der Waals surface area contributed by atoms with Gasteiger partial charge in [-0.15, -0.1) is 0 Å². The maximum Gasteiger partial charge on any atom is 0.490 e. The van der Waals surface area contributed by atoms with Gasteiger partial charge in [0.05, 0.1) is 12.7 Å². The quantitative estimate of drug-likeness (QED) is 0.114. The molecule has 1 saturated heterocycles. The van der Waals surface area contributed by atoms with E-state index in [4.69, 9.17) is 26.7 Å². The molecule has 8 N–H and O–H groups in total. The van der Waals surface area contributed by atoms with Gasteiger partial charge in [0, 0.05) is 23.9 Å².